The Kier molecular flexibility index (Phi) is 1.35. The molecular weight excluding hydrogens is 142 g/mol. The van der Waals surface area contributed by atoms with Crippen molar-refractivity contribution in [1.29, 1.82) is 0 Å². The second-order valence-electron chi connectivity index (χ2n) is 1.27. The summed E-state index contributed by atoms with van der Waals surface area (Å²) in [6.07, 6.45) is 0. The molecule has 42 valence electrons. The van der Waals surface area contributed by atoms with E-state index in [1.807, 2.05) is 0 Å². The maximum absolute atomic E-state index is 10.5. The van der Waals surface area contributed by atoms with Crippen molar-refractivity contribution in [1.82, 2.24) is 5.32 Å². The van der Waals surface area contributed by atoms with Crippen LogP contribution in [0.5, 0.6) is 0 Å². The van der Waals surface area contributed by atoms with E-state index < -0.39 is 0 Å². The molecule has 8 heavy (non-hydrogen) atoms. The van der Waals surface area contributed by atoms with Crippen molar-refractivity contribution in [2.75, 3.05) is 0 Å². The minimum Gasteiger partial charge on any atom is -0.307 e. The van der Waals surface area contributed by atoms with Crippen molar-refractivity contribution in [2.24, 2.45) is 0 Å². The number of amides is 1. The van der Waals surface area contributed by atoms with E-state index in [1.165, 1.54) is 11.8 Å². The van der Waals surface area contributed by atoms with Gasteiger partial charge in [-0.15, -0.1) is 0 Å². The highest BCUT2D eigenvalue weighted by molar-refractivity contribution is 8.26. The summed E-state index contributed by atoms with van der Waals surface area (Å²) in [4.78, 5) is 10.9. The van der Waals surface area contributed by atoms with Crippen LogP contribution in [0.15, 0.2) is 11.5 Å². The van der Waals surface area contributed by atoms with Crippen LogP contribution < -0.4 is 5.32 Å². The lowest BCUT2D eigenvalue weighted by Gasteiger charge is -1.81. The third-order valence-corrected chi connectivity index (χ3v) is 1.76. The van der Waals surface area contributed by atoms with Gasteiger partial charge in [0.1, 0.15) is 4.32 Å². The first-order valence-electron chi connectivity index (χ1n) is 1.92. The molecule has 0 atom stereocenters. The molecule has 1 N–H and O–H groups in total. The summed E-state index contributed by atoms with van der Waals surface area (Å²) in [6, 6.07) is 0. The molecule has 0 aliphatic carbocycles. The van der Waals surface area contributed by atoms with Gasteiger partial charge in [0.15, 0.2) is 0 Å². The Morgan fingerprint density at radius 3 is 2.50 bits per heavy atom. The Hall–Kier alpha value is -0.350. The number of thioether (sulfide) groups is 1. The molecule has 0 aromatic carbocycles. The van der Waals surface area contributed by atoms with Gasteiger partial charge in [0.25, 0.3) is 5.91 Å². The molecule has 2 nitrogen and oxygen atoms in total. The number of nitrogens with one attached hydrogen (secondary N) is 1. The number of hydrogen-bond donors (Lipinski definition) is 1. The molecule has 1 heterocycles. The number of hydrogen-bond acceptors (Lipinski definition) is 3. The highest BCUT2D eigenvalue weighted by Gasteiger charge is 2.18. The monoisotopic (exact) mass is 145 g/mol. The average molecular weight is 145 g/mol. The first-order chi connectivity index (χ1) is 3.70. The van der Waals surface area contributed by atoms with Crippen LogP contribution in [0, 0.1) is 0 Å². The summed E-state index contributed by atoms with van der Waals surface area (Å²) in [7, 11) is 0. The Balaban J connectivity index is 2.79. The van der Waals surface area contributed by atoms with Gasteiger partial charge in [-0.3, -0.25) is 4.79 Å². The van der Waals surface area contributed by atoms with Crippen LogP contribution in [-0.4, -0.2) is 10.2 Å². The Bertz CT molecular complexity index is 157. The van der Waals surface area contributed by atoms with E-state index in [0.29, 0.717) is 9.23 Å². The fourth-order valence-corrected chi connectivity index (χ4v) is 1.25. The quantitative estimate of drug-likeness (QED) is 0.401. The van der Waals surface area contributed by atoms with Gasteiger partial charge in [0, 0.05) is 0 Å². The van der Waals surface area contributed by atoms with Crippen LogP contribution in [0.25, 0.3) is 0 Å². The summed E-state index contributed by atoms with van der Waals surface area (Å²) >= 11 is 5.85. The second-order valence-corrected chi connectivity index (χ2v) is 3.04. The lowest BCUT2D eigenvalue weighted by Crippen LogP contribution is -2.17. The summed E-state index contributed by atoms with van der Waals surface area (Å²) in [5.41, 5.74) is 0. The molecule has 0 bridgehead atoms. The smallest absolute Gasteiger partial charge is 0.262 e. The third-order valence-electron chi connectivity index (χ3n) is 0.685. The molecule has 0 aromatic rings. The molecule has 1 aliphatic rings. The van der Waals surface area contributed by atoms with Gasteiger partial charge in [-0.05, 0) is 0 Å². The predicted molar refractivity (Wildman–Crippen MR) is 37.5 cm³/mol. The topological polar surface area (TPSA) is 29.1 Å². The van der Waals surface area contributed by atoms with E-state index in [1.54, 1.807) is 0 Å². The van der Waals surface area contributed by atoms with E-state index in [-0.39, 0.29) is 5.91 Å². The zero-order chi connectivity index (χ0) is 6.15. The van der Waals surface area contributed by atoms with Crippen molar-refractivity contribution < 1.29 is 4.79 Å². The van der Waals surface area contributed by atoms with E-state index in [9.17, 15) is 4.79 Å². The molecule has 0 spiro atoms. The molecule has 1 rings (SSSR count). The Morgan fingerprint density at radius 1 is 1.75 bits per heavy atom. The third kappa shape index (κ3) is 0.900. The molecule has 1 saturated heterocycles. The zero-order valence-electron chi connectivity index (χ0n) is 3.93. The van der Waals surface area contributed by atoms with E-state index in [0.717, 1.165) is 0 Å². The van der Waals surface area contributed by atoms with Gasteiger partial charge < -0.3 is 5.32 Å². The summed E-state index contributed by atoms with van der Waals surface area (Å²) in [5, 5.41) is 2.42. The molecule has 0 aromatic heterocycles. The number of carbonyl (C=O) groups excluding carboxylic acids is 1. The van der Waals surface area contributed by atoms with Gasteiger partial charge in [0.2, 0.25) is 0 Å². The highest BCUT2D eigenvalue weighted by atomic mass is 32.2. The molecule has 0 unspecified atom stereocenters. The van der Waals surface area contributed by atoms with Crippen LogP contribution in [0.1, 0.15) is 0 Å². The molecule has 1 fully saturated rings. The van der Waals surface area contributed by atoms with Crippen LogP contribution in [-0.2, 0) is 4.79 Å². The normalized spacial score (nSPS) is 19.2. The van der Waals surface area contributed by atoms with Crippen molar-refractivity contribution in [3.8, 4) is 0 Å². The van der Waals surface area contributed by atoms with Crippen molar-refractivity contribution in [2.45, 2.75) is 0 Å². The van der Waals surface area contributed by atoms with Gasteiger partial charge in [-0.25, -0.2) is 0 Å². The fourth-order valence-electron chi connectivity index (χ4n) is 0.346. The van der Waals surface area contributed by atoms with Crippen LogP contribution >= 0.6 is 24.0 Å². The zero-order valence-corrected chi connectivity index (χ0v) is 5.56. The van der Waals surface area contributed by atoms with E-state index in [2.05, 4.69) is 24.1 Å². The van der Waals surface area contributed by atoms with Crippen LogP contribution in [0.2, 0.25) is 0 Å². The first kappa shape index (κ1) is 5.78. The SMILES string of the molecule is C=C1SC(=S)NC1=O. The lowest BCUT2D eigenvalue weighted by atomic mass is 10.6. The molecular formula is C4H3NOS2. The number of carbonyl (C=O) groups is 1. The van der Waals surface area contributed by atoms with Gasteiger partial charge in [0.05, 0.1) is 4.91 Å². The maximum Gasteiger partial charge on any atom is 0.262 e. The lowest BCUT2D eigenvalue weighted by molar-refractivity contribution is -0.115. The van der Waals surface area contributed by atoms with Gasteiger partial charge in [-0.1, -0.05) is 30.6 Å². The molecule has 0 saturated carbocycles. The Morgan fingerprint density at radius 2 is 2.38 bits per heavy atom. The van der Waals surface area contributed by atoms with Gasteiger partial charge in [-0.2, -0.15) is 0 Å². The summed E-state index contributed by atoms with van der Waals surface area (Å²) in [6.45, 7) is 3.45. The van der Waals surface area contributed by atoms with Crippen molar-refractivity contribution >= 4 is 34.2 Å². The highest BCUT2D eigenvalue weighted by Crippen LogP contribution is 2.20. The van der Waals surface area contributed by atoms with Crippen molar-refractivity contribution in [3.05, 3.63) is 11.5 Å². The molecule has 1 aliphatic heterocycles. The Labute approximate surface area is 56.3 Å². The van der Waals surface area contributed by atoms with Crippen LogP contribution in [0.3, 0.4) is 0 Å². The maximum atomic E-state index is 10.5. The average Bonchev–Trinajstić information content (AvgIpc) is 1.85. The van der Waals surface area contributed by atoms with Crippen LogP contribution in [0.4, 0.5) is 0 Å². The second kappa shape index (κ2) is 1.87. The summed E-state index contributed by atoms with van der Waals surface area (Å²) < 4.78 is 0.500. The van der Waals surface area contributed by atoms with E-state index in [4.69, 9.17) is 0 Å². The molecule has 4 heteroatoms. The standard InChI is InChI=1S/C4H3NOS2/c1-2-3(6)5-4(7)8-2/h1H2,(H,5,6,7). The minimum absolute atomic E-state index is 0.167. The van der Waals surface area contributed by atoms with E-state index >= 15 is 0 Å². The largest absolute Gasteiger partial charge is 0.307 e. The predicted octanol–water partition coefficient (Wildman–Crippen LogP) is 0.648. The first-order valence-corrected chi connectivity index (χ1v) is 3.14. The fraction of sp³-hybridized carbons (Fsp3) is 0. The number of rotatable bonds is 0. The molecule has 1 amide bonds. The molecule has 0 radical (unpaired) electrons. The minimum atomic E-state index is -0.167. The van der Waals surface area contributed by atoms with Gasteiger partial charge >= 0.3 is 0 Å². The van der Waals surface area contributed by atoms with Crippen molar-refractivity contribution in [3.63, 3.8) is 0 Å². The summed E-state index contributed by atoms with van der Waals surface area (Å²) in [5.74, 6) is -0.167. The number of thiocarbonyl (C=S) groups is 1.